The zero-order valence-electron chi connectivity index (χ0n) is 7.42. The third kappa shape index (κ3) is 1.44. The Bertz CT molecular complexity index is 144. The molecule has 0 heterocycles. The lowest BCUT2D eigenvalue weighted by Gasteiger charge is -2.26. The standard InChI is InChI=1S/C10H19N/c1-7(6-11)8-2-3-9-5-10(9)4-8/h7-10H,2-6,11H2,1H3/t7-,8?,9?,10?/m0/s1. The Labute approximate surface area is 69.4 Å². The molecule has 3 unspecified atom stereocenters. The zero-order chi connectivity index (χ0) is 7.84. The number of hydrogen-bond acceptors (Lipinski definition) is 1. The van der Waals surface area contributed by atoms with Gasteiger partial charge in [-0.1, -0.05) is 6.92 Å². The smallest absolute Gasteiger partial charge is 0.00489 e. The first-order valence-electron chi connectivity index (χ1n) is 5.01. The van der Waals surface area contributed by atoms with Gasteiger partial charge >= 0.3 is 0 Å². The fraction of sp³-hybridized carbons (Fsp3) is 1.00. The van der Waals surface area contributed by atoms with Gasteiger partial charge in [0.1, 0.15) is 0 Å². The lowest BCUT2D eigenvalue weighted by molar-refractivity contribution is 0.259. The molecule has 1 heteroatoms. The minimum Gasteiger partial charge on any atom is -0.330 e. The molecular weight excluding hydrogens is 134 g/mol. The summed E-state index contributed by atoms with van der Waals surface area (Å²) in [7, 11) is 0. The average molecular weight is 153 g/mol. The molecule has 0 bridgehead atoms. The van der Waals surface area contributed by atoms with Gasteiger partial charge in [-0.2, -0.15) is 0 Å². The normalized spacial score (nSPS) is 44.7. The monoisotopic (exact) mass is 153 g/mol. The van der Waals surface area contributed by atoms with Crippen LogP contribution in [0.2, 0.25) is 0 Å². The van der Waals surface area contributed by atoms with Crippen LogP contribution < -0.4 is 5.73 Å². The van der Waals surface area contributed by atoms with Crippen LogP contribution in [0.4, 0.5) is 0 Å². The van der Waals surface area contributed by atoms with Gasteiger partial charge in [-0.25, -0.2) is 0 Å². The van der Waals surface area contributed by atoms with Crippen molar-refractivity contribution in [2.45, 2.75) is 32.6 Å². The van der Waals surface area contributed by atoms with Gasteiger partial charge in [-0.05, 0) is 55.9 Å². The maximum absolute atomic E-state index is 5.66. The SMILES string of the molecule is C[C@@H](CN)C1CCC2CC2C1. The van der Waals surface area contributed by atoms with Crippen molar-refractivity contribution >= 4 is 0 Å². The van der Waals surface area contributed by atoms with E-state index in [4.69, 9.17) is 5.73 Å². The van der Waals surface area contributed by atoms with E-state index >= 15 is 0 Å². The van der Waals surface area contributed by atoms with E-state index < -0.39 is 0 Å². The predicted molar refractivity (Wildman–Crippen MR) is 47.2 cm³/mol. The fourth-order valence-electron chi connectivity index (χ4n) is 2.60. The number of nitrogens with two attached hydrogens (primary N) is 1. The maximum atomic E-state index is 5.66. The molecule has 4 atom stereocenters. The van der Waals surface area contributed by atoms with Gasteiger partial charge in [0, 0.05) is 0 Å². The van der Waals surface area contributed by atoms with E-state index in [1.165, 1.54) is 25.7 Å². The molecule has 0 amide bonds. The molecule has 2 aliphatic rings. The maximum Gasteiger partial charge on any atom is -0.00489 e. The highest BCUT2D eigenvalue weighted by molar-refractivity contribution is 4.93. The average Bonchev–Trinajstić information content (AvgIpc) is 2.80. The number of hydrogen-bond donors (Lipinski definition) is 1. The van der Waals surface area contributed by atoms with Crippen molar-refractivity contribution in [3.63, 3.8) is 0 Å². The van der Waals surface area contributed by atoms with Crippen molar-refractivity contribution in [1.82, 2.24) is 0 Å². The van der Waals surface area contributed by atoms with E-state index in [1.807, 2.05) is 0 Å². The molecule has 0 aliphatic heterocycles. The molecule has 2 N–H and O–H groups in total. The van der Waals surface area contributed by atoms with Gasteiger partial charge in [-0.3, -0.25) is 0 Å². The van der Waals surface area contributed by atoms with Gasteiger partial charge < -0.3 is 5.73 Å². The molecule has 2 rings (SSSR count). The van der Waals surface area contributed by atoms with Crippen LogP contribution in [-0.4, -0.2) is 6.54 Å². The highest BCUT2D eigenvalue weighted by Gasteiger charge is 2.42. The Balaban J connectivity index is 1.84. The van der Waals surface area contributed by atoms with Crippen LogP contribution in [-0.2, 0) is 0 Å². The molecule has 11 heavy (non-hydrogen) atoms. The molecular formula is C10H19N. The lowest BCUT2D eigenvalue weighted by Crippen LogP contribution is -2.23. The van der Waals surface area contributed by atoms with Crippen LogP contribution in [0.1, 0.15) is 32.6 Å². The molecule has 64 valence electrons. The summed E-state index contributed by atoms with van der Waals surface area (Å²) in [5.41, 5.74) is 5.66. The van der Waals surface area contributed by atoms with Gasteiger partial charge in [0.2, 0.25) is 0 Å². The third-order valence-electron chi connectivity index (χ3n) is 3.76. The molecule has 0 spiro atoms. The molecule has 0 radical (unpaired) electrons. The van der Waals surface area contributed by atoms with Crippen LogP contribution in [0, 0.1) is 23.7 Å². The van der Waals surface area contributed by atoms with Gasteiger partial charge in [0.25, 0.3) is 0 Å². The summed E-state index contributed by atoms with van der Waals surface area (Å²) in [5.74, 6) is 3.99. The Hall–Kier alpha value is -0.0400. The first kappa shape index (κ1) is 7.60. The summed E-state index contributed by atoms with van der Waals surface area (Å²) in [6, 6.07) is 0. The molecule has 0 aromatic heterocycles. The second-order valence-electron chi connectivity index (χ2n) is 4.54. The van der Waals surface area contributed by atoms with E-state index in [0.717, 1.165) is 30.2 Å². The number of rotatable bonds is 2. The van der Waals surface area contributed by atoms with Crippen molar-refractivity contribution in [3.8, 4) is 0 Å². The van der Waals surface area contributed by atoms with Crippen molar-refractivity contribution in [3.05, 3.63) is 0 Å². The summed E-state index contributed by atoms with van der Waals surface area (Å²) >= 11 is 0. The van der Waals surface area contributed by atoms with Crippen molar-refractivity contribution in [2.75, 3.05) is 6.54 Å². The minimum absolute atomic E-state index is 0.775. The second kappa shape index (κ2) is 2.78. The van der Waals surface area contributed by atoms with Crippen molar-refractivity contribution in [2.24, 2.45) is 29.4 Å². The summed E-state index contributed by atoms with van der Waals surface area (Å²) in [4.78, 5) is 0. The molecule has 0 aromatic carbocycles. The fourth-order valence-corrected chi connectivity index (χ4v) is 2.60. The Morgan fingerprint density at radius 3 is 2.73 bits per heavy atom. The summed E-state index contributed by atoms with van der Waals surface area (Å²) in [6.07, 6.45) is 5.98. The van der Waals surface area contributed by atoms with E-state index in [9.17, 15) is 0 Å². The predicted octanol–water partition coefficient (Wildman–Crippen LogP) is 2.02. The Kier molecular flexibility index (Phi) is 1.92. The zero-order valence-corrected chi connectivity index (χ0v) is 7.42. The van der Waals surface area contributed by atoms with Crippen LogP contribution in [0.15, 0.2) is 0 Å². The molecule has 2 saturated carbocycles. The summed E-state index contributed by atoms with van der Waals surface area (Å²) in [6.45, 7) is 3.20. The Morgan fingerprint density at radius 2 is 2.09 bits per heavy atom. The van der Waals surface area contributed by atoms with Crippen LogP contribution in [0.25, 0.3) is 0 Å². The van der Waals surface area contributed by atoms with Crippen LogP contribution in [0.5, 0.6) is 0 Å². The van der Waals surface area contributed by atoms with E-state index in [2.05, 4.69) is 6.92 Å². The van der Waals surface area contributed by atoms with Crippen molar-refractivity contribution in [1.29, 1.82) is 0 Å². The van der Waals surface area contributed by atoms with Gasteiger partial charge in [0.15, 0.2) is 0 Å². The van der Waals surface area contributed by atoms with E-state index in [1.54, 1.807) is 0 Å². The molecule has 2 aliphatic carbocycles. The summed E-state index contributed by atoms with van der Waals surface area (Å²) in [5, 5.41) is 0. The molecule has 2 fully saturated rings. The lowest BCUT2D eigenvalue weighted by atomic mass is 9.81. The topological polar surface area (TPSA) is 26.0 Å². The van der Waals surface area contributed by atoms with E-state index in [0.29, 0.717) is 0 Å². The second-order valence-corrected chi connectivity index (χ2v) is 4.54. The first-order chi connectivity index (χ1) is 5.31. The summed E-state index contributed by atoms with van der Waals surface area (Å²) < 4.78 is 0. The van der Waals surface area contributed by atoms with Gasteiger partial charge in [0.05, 0.1) is 0 Å². The molecule has 0 saturated heterocycles. The quantitative estimate of drug-likeness (QED) is 0.645. The molecule has 0 aromatic rings. The van der Waals surface area contributed by atoms with Crippen LogP contribution in [0.3, 0.4) is 0 Å². The largest absolute Gasteiger partial charge is 0.330 e. The minimum atomic E-state index is 0.775. The number of fused-ring (bicyclic) bond motifs is 1. The highest BCUT2D eigenvalue weighted by atomic mass is 14.6. The highest BCUT2D eigenvalue weighted by Crippen LogP contribution is 2.52. The van der Waals surface area contributed by atoms with E-state index in [-0.39, 0.29) is 0 Å². The van der Waals surface area contributed by atoms with Gasteiger partial charge in [-0.15, -0.1) is 0 Å². The third-order valence-corrected chi connectivity index (χ3v) is 3.76. The molecule has 1 nitrogen and oxygen atoms in total. The van der Waals surface area contributed by atoms with Crippen molar-refractivity contribution < 1.29 is 0 Å². The first-order valence-corrected chi connectivity index (χ1v) is 5.01. The van der Waals surface area contributed by atoms with Crippen LogP contribution >= 0.6 is 0 Å². The Morgan fingerprint density at radius 1 is 1.27 bits per heavy atom.